The van der Waals surface area contributed by atoms with Crippen LogP contribution < -0.4 is 5.32 Å². The quantitative estimate of drug-likeness (QED) is 0.848. The highest BCUT2D eigenvalue weighted by Crippen LogP contribution is 2.13. The number of carbonyl (C=O) groups excluding carboxylic acids is 1. The predicted octanol–water partition coefficient (Wildman–Crippen LogP) is 1.02. The van der Waals surface area contributed by atoms with Gasteiger partial charge in [-0.05, 0) is 38.7 Å². The summed E-state index contributed by atoms with van der Waals surface area (Å²) in [6.45, 7) is 2.54. The maximum atomic E-state index is 12.4. The summed E-state index contributed by atoms with van der Waals surface area (Å²) in [5, 5.41) is 11.9. The second-order valence-corrected chi connectivity index (χ2v) is 5.85. The molecule has 23 heavy (non-hydrogen) atoms. The number of carbonyl (C=O) groups is 1. The molecule has 0 bridgehead atoms. The Hall–Kier alpha value is -1.94. The highest BCUT2D eigenvalue weighted by Gasteiger charge is 2.28. The van der Waals surface area contributed by atoms with Gasteiger partial charge in [0.2, 0.25) is 0 Å². The van der Waals surface area contributed by atoms with Crippen molar-refractivity contribution in [3.63, 3.8) is 0 Å². The van der Waals surface area contributed by atoms with Crippen molar-refractivity contribution in [3.8, 4) is 6.07 Å². The second kappa shape index (κ2) is 8.63. The Morgan fingerprint density at radius 3 is 3.09 bits per heavy atom. The maximum absolute atomic E-state index is 12.4. The average molecular weight is 317 g/mol. The Labute approximate surface area is 137 Å². The van der Waals surface area contributed by atoms with Gasteiger partial charge in [-0.15, -0.1) is 0 Å². The van der Waals surface area contributed by atoms with Crippen LogP contribution in [0.15, 0.2) is 24.3 Å². The Kier molecular flexibility index (Phi) is 6.53. The van der Waals surface area contributed by atoms with Crippen LogP contribution in [0.4, 0.5) is 0 Å². The Morgan fingerprint density at radius 2 is 2.35 bits per heavy atom. The number of nitrogens with zero attached hydrogens (tertiary/aromatic N) is 2. The number of ether oxygens (including phenoxy) is 2. The van der Waals surface area contributed by atoms with Gasteiger partial charge in [0.1, 0.15) is 0 Å². The fourth-order valence-electron chi connectivity index (χ4n) is 2.42. The molecule has 0 aromatic heterocycles. The van der Waals surface area contributed by atoms with Crippen molar-refractivity contribution < 1.29 is 14.3 Å². The molecule has 2 atom stereocenters. The standard InChI is InChI=1S/C17H23N3O3/c1-20(2)7-9-23-16-6-8-22-12-15(16)19-17(21)14-5-3-4-13(10-14)11-18/h3-5,10,15-16H,6-9,12H2,1-2H3,(H,19,21)/t15-,16+/m0/s1. The number of amides is 1. The highest BCUT2D eigenvalue weighted by molar-refractivity contribution is 5.94. The van der Waals surface area contributed by atoms with E-state index in [0.29, 0.717) is 30.9 Å². The molecule has 1 saturated heterocycles. The smallest absolute Gasteiger partial charge is 0.251 e. The molecule has 0 aliphatic carbocycles. The van der Waals surface area contributed by atoms with Crippen LogP contribution in [-0.4, -0.2) is 63.4 Å². The first-order chi connectivity index (χ1) is 11.1. The summed E-state index contributed by atoms with van der Waals surface area (Å²) < 4.78 is 11.4. The van der Waals surface area contributed by atoms with Gasteiger partial charge in [0, 0.05) is 18.7 Å². The summed E-state index contributed by atoms with van der Waals surface area (Å²) in [4.78, 5) is 14.4. The summed E-state index contributed by atoms with van der Waals surface area (Å²) in [6.07, 6.45) is 0.711. The molecule has 124 valence electrons. The lowest BCUT2D eigenvalue weighted by molar-refractivity contribution is -0.0561. The molecule has 0 saturated carbocycles. The fraction of sp³-hybridized carbons (Fsp3) is 0.529. The summed E-state index contributed by atoms with van der Waals surface area (Å²) in [5.74, 6) is -0.209. The van der Waals surface area contributed by atoms with E-state index in [0.717, 1.165) is 13.0 Å². The molecule has 1 aliphatic rings. The molecule has 1 amide bonds. The summed E-state index contributed by atoms with van der Waals surface area (Å²) in [5.41, 5.74) is 0.943. The third-order valence-corrected chi connectivity index (χ3v) is 3.73. The van der Waals surface area contributed by atoms with E-state index < -0.39 is 0 Å². The molecule has 1 fully saturated rings. The minimum atomic E-state index is -0.209. The van der Waals surface area contributed by atoms with Crippen molar-refractivity contribution in [1.29, 1.82) is 5.26 Å². The van der Waals surface area contributed by atoms with Crippen molar-refractivity contribution in [2.45, 2.75) is 18.6 Å². The number of benzene rings is 1. The van der Waals surface area contributed by atoms with Crippen molar-refractivity contribution >= 4 is 5.91 Å². The SMILES string of the molecule is CN(C)CCO[C@@H]1CCOC[C@@H]1NC(=O)c1cccc(C#N)c1. The first kappa shape index (κ1) is 17.4. The van der Waals surface area contributed by atoms with E-state index in [1.165, 1.54) is 0 Å². The summed E-state index contributed by atoms with van der Waals surface area (Å²) in [6, 6.07) is 8.52. The molecule has 0 radical (unpaired) electrons. The second-order valence-electron chi connectivity index (χ2n) is 5.85. The van der Waals surface area contributed by atoms with Crippen LogP contribution in [0.2, 0.25) is 0 Å². The van der Waals surface area contributed by atoms with Gasteiger partial charge in [-0.2, -0.15) is 5.26 Å². The van der Waals surface area contributed by atoms with Crippen LogP contribution in [0.1, 0.15) is 22.3 Å². The van der Waals surface area contributed by atoms with Gasteiger partial charge in [0.25, 0.3) is 5.91 Å². The van der Waals surface area contributed by atoms with Crippen molar-refractivity contribution in [2.75, 3.05) is 40.5 Å². The molecule has 0 spiro atoms. The van der Waals surface area contributed by atoms with Gasteiger partial charge in [0.15, 0.2) is 0 Å². The number of likely N-dealkylation sites (N-methyl/N-ethyl adjacent to an activating group) is 1. The molecule has 6 heteroatoms. The zero-order valence-electron chi connectivity index (χ0n) is 13.6. The lowest BCUT2D eigenvalue weighted by Crippen LogP contribution is -2.51. The lowest BCUT2D eigenvalue weighted by Gasteiger charge is -2.32. The van der Waals surface area contributed by atoms with Gasteiger partial charge in [-0.3, -0.25) is 4.79 Å². The fourth-order valence-corrected chi connectivity index (χ4v) is 2.42. The van der Waals surface area contributed by atoms with Gasteiger partial charge >= 0.3 is 0 Å². The van der Waals surface area contributed by atoms with E-state index >= 15 is 0 Å². The van der Waals surface area contributed by atoms with Crippen molar-refractivity contribution in [3.05, 3.63) is 35.4 Å². The minimum absolute atomic E-state index is 0.0493. The topological polar surface area (TPSA) is 74.6 Å². The summed E-state index contributed by atoms with van der Waals surface area (Å²) >= 11 is 0. The molecule has 1 heterocycles. The van der Waals surface area contributed by atoms with Gasteiger partial charge in [0.05, 0.1) is 37.0 Å². The summed E-state index contributed by atoms with van der Waals surface area (Å²) in [7, 11) is 3.99. The number of hydrogen-bond acceptors (Lipinski definition) is 5. The van der Waals surface area contributed by atoms with Crippen LogP contribution in [0.3, 0.4) is 0 Å². The van der Waals surface area contributed by atoms with Gasteiger partial charge < -0.3 is 19.7 Å². The zero-order valence-corrected chi connectivity index (χ0v) is 13.6. The van der Waals surface area contributed by atoms with Gasteiger partial charge in [-0.25, -0.2) is 0 Å². The number of rotatable bonds is 6. The van der Waals surface area contributed by atoms with Crippen LogP contribution in [-0.2, 0) is 9.47 Å². The van der Waals surface area contributed by atoms with Crippen LogP contribution >= 0.6 is 0 Å². The average Bonchev–Trinajstić information content (AvgIpc) is 2.56. The largest absolute Gasteiger partial charge is 0.379 e. The number of hydrogen-bond donors (Lipinski definition) is 1. The Morgan fingerprint density at radius 1 is 1.52 bits per heavy atom. The zero-order chi connectivity index (χ0) is 16.7. The molecule has 1 aliphatic heterocycles. The van der Waals surface area contributed by atoms with Gasteiger partial charge in [-0.1, -0.05) is 6.07 Å². The predicted molar refractivity (Wildman–Crippen MR) is 86.1 cm³/mol. The maximum Gasteiger partial charge on any atom is 0.251 e. The molecule has 1 aromatic rings. The molecule has 2 rings (SSSR count). The number of nitriles is 1. The normalized spacial score (nSPS) is 21.0. The molecule has 6 nitrogen and oxygen atoms in total. The van der Waals surface area contributed by atoms with E-state index in [-0.39, 0.29) is 18.1 Å². The molecular weight excluding hydrogens is 294 g/mol. The number of nitrogens with one attached hydrogen (secondary N) is 1. The third kappa shape index (κ3) is 5.32. The van der Waals surface area contributed by atoms with E-state index in [2.05, 4.69) is 10.2 Å². The van der Waals surface area contributed by atoms with E-state index in [1.807, 2.05) is 20.2 Å². The first-order valence-electron chi connectivity index (χ1n) is 7.75. The lowest BCUT2D eigenvalue weighted by atomic mass is 10.1. The molecule has 0 unspecified atom stereocenters. The van der Waals surface area contributed by atoms with Crippen LogP contribution in [0.25, 0.3) is 0 Å². The third-order valence-electron chi connectivity index (χ3n) is 3.73. The minimum Gasteiger partial charge on any atom is -0.379 e. The van der Waals surface area contributed by atoms with Crippen LogP contribution in [0, 0.1) is 11.3 Å². The van der Waals surface area contributed by atoms with Crippen LogP contribution in [0.5, 0.6) is 0 Å². The molecule has 1 aromatic carbocycles. The first-order valence-corrected chi connectivity index (χ1v) is 7.75. The molecule has 1 N–H and O–H groups in total. The van der Waals surface area contributed by atoms with E-state index in [9.17, 15) is 4.79 Å². The van der Waals surface area contributed by atoms with E-state index in [1.54, 1.807) is 24.3 Å². The van der Waals surface area contributed by atoms with Crippen molar-refractivity contribution in [2.24, 2.45) is 0 Å². The van der Waals surface area contributed by atoms with Crippen molar-refractivity contribution in [1.82, 2.24) is 10.2 Å². The highest BCUT2D eigenvalue weighted by atomic mass is 16.5. The van der Waals surface area contributed by atoms with E-state index in [4.69, 9.17) is 14.7 Å². The molecular formula is C17H23N3O3. The monoisotopic (exact) mass is 317 g/mol. The Balaban J connectivity index is 1.95. The Bertz CT molecular complexity index is 568.